The van der Waals surface area contributed by atoms with Gasteiger partial charge in [0.25, 0.3) is 0 Å². The highest BCUT2D eigenvalue weighted by Gasteiger charge is 2.28. The van der Waals surface area contributed by atoms with E-state index in [9.17, 15) is 0 Å². The molecule has 0 saturated carbocycles. The van der Waals surface area contributed by atoms with Gasteiger partial charge in [0.2, 0.25) is 0 Å². The van der Waals surface area contributed by atoms with Crippen LogP contribution in [0.25, 0.3) is 0 Å². The van der Waals surface area contributed by atoms with Gasteiger partial charge in [-0.15, -0.1) is 0 Å². The van der Waals surface area contributed by atoms with E-state index in [1.165, 1.54) is 58.0 Å². The van der Waals surface area contributed by atoms with E-state index in [1.54, 1.807) is 0 Å². The van der Waals surface area contributed by atoms with Gasteiger partial charge in [-0.05, 0) is 51.7 Å². The third kappa shape index (κ3) is 4.55. The highest BCUT2D eigenvalue weighted by atomic mass is 15.2. The van der Waals surface area contributed by atoms with Crippen LogP contribution in [-0.4, -0.2) is 37.1 Å². The summed E-state index contributed by atoms with van der Waals surface area (Å²) in [7, 11) is 2.13. The van der Waals surface area contributed by atoms with Crippen LogP contribution in [0.1, 0.15) is 65.7 Å². The smallest absolute Gasteiger partial charge is 0.0246 e. The van der Waals surface area contributed by atoms with E-state index in [0.29, 0.717) is 6.04 Å². The second-order valence-electron chi connectivity index (χ2n) is 5.93. The van der Waals surface area contributed by atoms with Crippen molar-refractivity contribution in [3.05, 3.63) is 0 Å². The molecule has 1 aliphatic rings. The number of hydrogen-bond donors (Lipinski definition) is 1. The maximum Gasteiger partial charge on any atom is 0.0246 e. The third-order valence-corrected chi connectivity index (χ3v) is 4.67. The fraction of sp³-hybridized carbons (Fsp3) is 1.00. The van der Waals surface area contributed by atoms with Crippen molar-refractivity contribution < 1.29 is 0 Å². The molecule has 0 spiro atoms. The number of rotatable bonds is 8. The maximum atomic E-state index is 3.55. The number of nitrogens with zero attached hydrogens (tertiary/aromatic N) is 1. The molecular weight excluding hydrogens is 220 g/mol. The Morgan fingerprint density at radius 3 is 2.22 bits per heavy atom. The van der Waals surface area contributed by atoms with Gasteiger partial charge in [-0.1, -0.05) is 40.0 Å². The topological polar surface area (TPSA) is 15.3 Å². The summed E-state index contributed by atoms with van der Waals surface area (Å²) < 4.78 is 0. The van der Waals surface area contributed by atoms with Crippen molar-refractivity contribution in [2.45, 2.75) is 77.8 Å². The predicted octanol–water partition coefficient (Wildman–Crippen LogP) is 3.67. The number of likely N-dealkylation sites (tertiary alicyclic amines) is 1. The van der Waals surface area contributed by atoms with E-state index < -0.39 is 0 Å². The van der Waals surface area contributed by atoms with Crippen molar-refractivity contribution in [3.63, 3.8) is 0 Å². The molecule has 108 valence electrons. The van der Waals surface area contributed by atoms with Crippen LogP contribution < -0.4 is 5.32 Å². The van der Waals surface area contributed by atoms with E-state index in [4.69, 9.17) is 0 Å². The molecule has 1 N–H and O–H groups in total. The largest absolute Gasteiger partial charge is 0.315 e. The van der Waals surface area contributed by atoms with E-state index >= 15 is 0 Å². The van der Waals surface area contributed by atoms with Crippen LogP contribution in [0.2, 0.25) is 0 Å². The van der Waals surface area contributed by atoms with Gasteiger partial charge >= 0.3 is 0 Å². The first-order chi connectivity index (χ1) is 8.76. The van der Waals surface area contributed by atoms with Crippen LogP contribution in [0.3, 0.4) is 0 Å². The average Bonchev–Trinajstić information content (AvgIpc) is 2.40. The molecule has 18 heavy (non-hydrogen) atoms. The normalized spacial score (nSPS) is 22.0. The average molecular weight is 254 g/mol. The SMILES string of the molecule is CCCC1CCN(C(CC)C(CCC)NC)CC1. The van der Waals surface area contributed by atoms with E-state index in [0.717, 1.165) is 12.0 Å². The summed E-state index contributed by atoms with van der Waals surface area (Å²) >= 11 is 0. The lowest BCUT2D eigenvalue weighted by molar-refractivity contribution is 0.0995. The molecule has 2 unspecified atom stereocenters. The van der Waals surface area contributed by atoms with Gasteiger partial charge < -0.3 is 5.32 Å². The zero-order valence-electron chi connectivity index (χ0n) is 13.0. The standard InChI is InChI=1S/C16H34N2/c1-5-8-14-10-12-18(13-11-14)16(7-3)15(17-4)9-6-2/h14-17H,5-13H2,1-4H3. The molecule has 1 heterocycles. The Kier molecular flexibility index (Phi) is 7.92. The first-order valence-corrected chi connectivity index (χ1v) is 8.18. The molecule has 2 atom stereocenters. The zero-order chi connectivity index (χ0) is 13.4. The molecule has 0 bridgehead atoms. The van der Waals surface area contributed by atoms with Gasteiger partial charge in [-0.2, -0.15) is 0 Å². The van der Waals surface area contributed by atoms with Crippen molar-refractivity contribution in [3.8, 4) is 0 Å². The van der Waals surface area contributed by atoms with Crippen molar-refractivity contribution in [1.82, 2.24) is 10.2 Å². The van der Waals surface area contributed by atoms with Gasteiger partial charge in [0.15, 0.2) is 0 Å². The van der Waals surface area contributed by atoms with Crippen LogP contribution in [0.5, 0.6) is 0 Å². The molecule has 2 heteroatoms. The monoisotopic (exact) mass is 254 g/mol. The van der Waals surface area contributed by atoms with Crippen LogP contribution in [0.15, 0.2) is 0 Å². The van der Waals surface area contributed by atoms with Crippen molar-refractivity contribution in [2.75, 3.05) is 20.1 Å². The lowest BCUT2D eigenvalue weighted by Crippen LogP contribution is -2.51. The number of hydrogen-bond acceptors (Lipinski definition) is 2. The van der Waals surface area contributed by atoms with Gasteiger partial charge in [0, 0.05) is 12.1 Å². The highest BCUT2D eigenvalue weighted by molar-refractivity contribution is 4.85. The summed E-state index contributed by atoms with van der Waals surface area (Å²) in [6.07, 6.45) is 9.52. The molecular formula is C16H34N2. The molecule has 0 aromatic heterocycles. The van der Waals surface area contributed by atoms with E-state index in [1.807, 2.05) is 0 Å². The Hall–Kier alpha value is -0.0800. The molecule has 0 aromatic rings. The fourth-order valence-electron chi connectivity index (χ4n) is 3.62. The third-order valence-electron chi connectivity index (χ3n) is 4.67. The molecule has 0 radical (unpaired) electrons. The lowest BCUT2D eigenvalue weighted by Gasteiger charge is -2.41. The Balaban J connectivity index is 2.46. The molecule has 2 nitrogen and oxygen atoms in total. The molecule has 0 aromatic carbocycles. The van der Waals surface area contributed by atoms with Gasteiger partial charge in [0.1, 0.15) is 0 Å². The van der Waals surface area contributed by atoms with E-state index in [2.05, 4.69) is 38.0 Å². The number of piperidine rings is 1. The second-order valence-corrected chi connectivity index (χ2v) is 5.93. The molecule has 1 saturated heterocycles. The minimum Gasteiger partial charge on any atom is -0.315 e. The zero-order valence-corrected chi connectivity index (χ0v) is 13.0. The molecule has 1 aliphatic heterocycles. The van der Waals surface area contributed by atoms with Crippen molar-refractivity contribution in [1.29, 1.82) is 0 Å². The summed E-state index contributed by atoms with van der Waals surface area (Å²) in [5, 5.41) is 3.55. The van der Waals surface area contributed by atoms with Crippen LogP contribution in [-0.2, 0) is 0 Å². The van der Waals surface area contributed by atoms with Crippen molar-refractivity contribution >= 4 is 0 Å². The van der Waals surface area contributed by atoms with Gasteiger partial charge in [0.05, 0.1) is 0 Å². The summed E-state index contributed by atoms with van der Waals surface area (Å²) in [6.45, 7) is 9.61. The predicted molar refractivity (Wildman–Crippen MR) is 81.0 cm³/mol. The summed E-state index contributed by atoms with van der Waals surface area (Å²) in [5.41, 5.74) is 0. The summed E-state index contributed by atoms with van der Waals surface area (Å²) in [4.78, 5) is 2.75. The molecule has 1 fully saturated rings. The number of likely N-dealkylation sites (N-methyl/N-ethyl adjacent to an activating group) is 1. The van der Waals surface area contributed by atoms with Crippen LogP contribution >= 0.6 is 0 Å². The molecule has 1 rings (SSSR count). The summed E-state index contributed by atoms with van der Waals surface area (Å²) in [5.74, 6) is 1.00. The Morgan fingerprint density at radius 1 is 1.11 bits per heavy atom. The maximum absolute atomic E-state index is 3.55. The Labute approximate surface area is 115 Å². The van der Waals surface area contributed by atoms with Crippen LogP contribution in [0, 0.1) is 5.92 Å². The first kappa shape index (κ1) is 16.0. The summed E-state index contributed by atoms with van der Waals surface area (Å²) in [6, 6.07) is 1.43. The highest BCUT2D eigenvalue weighted by Crippen LogP contribution is 2.25. The van der Waals surface area contributed by atoms with Crippen LogP contribution in [0.4, 0.5) is 0 Å². The fourth-order valence-corrected chi connectivity index (χ4v) is 3.62. The first-order valence-electron chi connectivity index (χ1n) is 8.18. The molecule has 0 aliphatic carbocycles. The number of nitrogens with one attached hydrogen (secondary N) is 1. The molecule has 0 amide bonds. The van der Waals surface area contributed by atoms with Gasteiger partial charge in [-0.3, -0.25) is 4.90 Å². The van der Waals surface area contributed by atoms with Gasteiger partial charge in [-0.25, -0.2) is 0 Å². The minimum absolute atomic E-state index is 0.683. The lowest BCUT2D eigenvalue weighted by atomic mass is 9.90. The van der Waals surface area contributed by atoms with Crippen molar-refractivity contribution in [2.24, 2.45) is 5.92 Å². The second kappa shape index (κ2) is 8.92. The van der Waals surface area contributed by atoms with E-state index in [-0.39, 0.29) is 0 Å². The minimum atomic E-state index is 0.683. The Bertz CT molecular complexity index is 197. The Morgan fingerprint density at radius 2 is 1.78 bits per heavy atom. The quantitative estimate of drug-likeness (QED) is 0.711.